The molecule has 2 rings (SSSR count). The average Bonchev–Trinajstić information content (AvgIpc) is 2.72. The van der Waals surface area contributed by atoms with Gasteiger partial charge >= 0.3 is 0 Å². The quantitative estimate of drug-likeness (QED) is 0.569. The third kappa shape index (κ3) is 1.63. The Hall–Kier alpha value is 0.0649. The van der Waals surface area contributed by atoms with Crippen LogP contribution in [-0.2, 0) is 0 Å². The molecule has 80 valence electrons. The van der Waals surface area contributed by atoms with Crippen LogP contribution in [0, 0.1) is 5.92 Å². The number of rotatable bonds is 4. The zero-order valence-corrected chi connectivity index (χ0v) is 10.0. The van der Waals surface area contributed by atoms with E-state index in [0.717, 1.165) is 17.9 Å². The van der Waals surface area contributed by atoms with Crippen molar-refractivity contribution in [1.29, 1.82) is 0 Å². The molecule has 0 radical (unpaired) electrons. The standard InChI is InChI=1S/C13H25B/c1-3-4-11-14(2)13-9-5-7-12(13)8-6-10-13/h12H,3-11H2,1-2H3. The SMILES string of the molecule is CCCCB(C)C12CCCC1CCC2. The molecule has 0 aromatic rings. The molecule has 0 atom stereocenters. The summed E-state index contributed by atoms with van der Waals surface area (Å²) in [6.45, 7) is 5.88. The Morgan fingerprint density at radius 3 is 2.43 bits per heavy atom. The van der Waals surface area contributed by atoms with Crippen molar-refractivity contribution >= 4 is 6.71 Å². The van der Waals surface area contributed by atoms with E-state index in [1.54, 1.807) is 25.7 Å². The van der Waals surface area contributed by atoms with Gasteiger partial charge in [0, 0.05) is 0 Å². The van der Waals surface area contributed by atoms with Gasteiger partial charge in [0.1, 0.15) is 6.71 Å². The van der Waals surface area contributed by atoms with Gasteiger partial charge in [0.15, 0.2) is 0 Å². The molecule has 0 N–H and O–H groups in total. The van der Waals surface area contributed by atoms with E-state index in [0.29, 0.717) is 0 Å². The van der Waals surface area contributed by atoms with Crippen LogP contribution in [0.1, 0.15) is 58.3 Å². The highest BCUT2D eigenvalue weighted by Crippen LogP contribution is 2.62. The maximum Gasteiger partial charge on any atom is 0.143 e. The van der Waals surface area contributed by atoms with E-state index < -0.39 is 0 Å². The molecule has 0 aromatic heterocycles. The van der Waals surface area contributed by atoms with Gasteiger partial charge in [-0.1, -0.05) is 71.4 Å². The van der Waals surface area contributed by atoms with Gasteiger partial charge in [0.05, 0.1) is 0 Å². The summed E-state index contributed by atoms with van der Waals surface area (Å²) in [4.78, 5) is 0. The molecule has 2 aliphatic carbocycles. The molecule has 0 aromatic carbocycles. The van der Waals surface area contributed by atoms with Crippen LogP contribution in [0.25, 0.3) is 0 Å². The third-order valence-electron chi connectivity index (χ3n) is 5.17. The Morgan fingerprint density at radius 1 is 1.21 bits per heavy atom. The van der Waals surface area contributed by atoms with Gasteiger partial charge < -0.3 is 0 Å². The molecule has 0 aliphatic heterocycles. The summed E-state index contributed by atoms with van der Waals surface area (Å²) in [6.07, 6.45) is 13.6. The number of fused-ring (bicyclic) bond motifs is 1. The maximum absolute atomic E-state index is 2.54. The second-order valence-corrected chi connectivity index (χ2v) is 5.76. The minimum atomic E-state index is 0.815. The van der Waals surface area contributed by atoms with Gasteiger partial charge in [0.25, 0.3) is 0 Å². The Bertz CT molecular complexity index is 178. The Balaban J connectivity index is 1.98. The van der Waals surface area contributed by atoms with Gasteiger partial charge in [0.2, 0.25) is 0 Å². The summed E-state index contributed by atoms with van der Waals surface area (Å²) in [5.74, 6) is 1.12. The summed E-state index contributed by atoms with van der Waals surface area (Å²) in [5, 5.41) is 0.815. The van der Waals surface area contributed by atoms with Crippen LogP contribution in [0.5, 0.6) is 0 Å². The molecule has 0 unspecified atom stereocenters. The monoisotopic (exact) mass is 192 g/mol. The number of unbranched alkanes of at least 4 members (excludes halogenated alkanes) is 1. The van der Waals surface area contributed by atoms with Gasteiger partial charge in [-0.05, 0) is 11.2 Å². The van der Waals surface area contributed by atoms with Crippen molar-refractivity contribution in [2.45, 2.75) is 76.7 Å². The molecule has 0 saturated heterocycles. The van der Waals surface area contributed by atoms with E-state index >= 15 is 0 Å². The predicted octanol–water partition coefficient (Wildman–Crippen LogP) is 4.64. The largest absolute Gasteiger partial charge is 0.143 e. The molecular weight excluding hydrogens is 167 g/mol. The molecule has 0 heterocycles. The summed E-state index contributed by atoms with van der Waals surface area (Å²) in [7, 11) is 0. The fourth-order valence-corrected chi connectivity index (χ4v) is 4.30. The Labute approximate surface area is 89.9 Å². The van der Waals surface area contributed by atoms with Gasteiger partial charge in [-0.15, -0.1) is 0 Å². The number of hydrogen-bond acceptors (Lipinski definition) is 0. The minimum absolute atomic E-state index is 0.815. The highest BCUT2D eigenvalue weighted by molar-refractivity contribution is 6.61. The lowest BCUT2D eigenvalue weighted by molar-refractivity contribution is 0.464. The first kappa shape index (κ1) is 10.6. The lowest BCUT2D eigenvalue weighted by atomic mass is 9.30. The van der Waals surface area contributed by atoms with Crippen molar-refractivity contribution in [1.82, 2.24) is 0 Å². The van der Waals surface area contributed by atoms with Crippen molar-refractivity contribution in [3.8, 4) is 0 Å². The van der Waals surface area contributed by atoms with Crippen molar-refractivity contribution < 1.29 is 0 Å². The zero-order valence-electron chi connectivity index (χ0n) is 10.0. The molecule has 2 fully saturated rings. The smallest absolute Gasteiger partial charge is 0.0856 e. The van der Waals surface area contributed by atoms with Crippen molar-refractivity contribution in [3.05, 3.63) is 0 Å². The van der Waals surface area contributed by atoms with E-state index in [4.69, 9.17) is 0 Å². The van der Waals surface area contributed by atoms with Crippen molar-refractivity contribution in [2.75, 3.05) is 0 Å². The van der Waals surface area contributed by atoms with E-state index in [2.05, 4.69) is 13.7 Å². The molecule has 0 spiro atoms. The Kier molecular flexibility index (Phi) is 3.24. The number of hydrogen-bond donors (Lipinski definition) is 0. The molecule has 0 nitrogen and oxygen atoms in total. The molecule has 14 heavy (non-hydrogen) atoms. The zero-order chi connectivity index (χ0) is 10.0. The van der Waals surface area contributed by atoms with E-state index in [1.807, 2.05) is 0 Å². The normalized spacial score (nSPS) is 36.0. The van der Waals surface area contributed by atoms with Crippen LogP contribution in [0.3, 0.4) is 0 Å². The highest BCUT2D eigenvalue weighted by atomic mass is 14.5. The fourth-order valence-electron chi connectivity index (χ4n) is 4.30. The second kappa shape index (κ2) is 4.29. The molecule has 0 amide bonds. The maximum atomic E-state index is 2.54. The van der Waals surface area contributed by atoms with Crippen LogP contribution in [0.2, 0.25) is 18.5 Å². The van der Waals surface area contributed by atoms with Gasteiger partial charge in [-0.25, -0.2) is 0 Å². The summed E-state index contributed by atoms with van der Waals surface area (Å²) >= 11 is 0. The Morgan fingerprint density at radius 2 is 1.86 bits per heavy atom. The minimum Gasteiger partial charge on any atom is -0.0856 e. The van der Waals surface area contributed by atoms with Crippen molar-refractivity contribution in [3.63, 3.8) is 0 Å². The third-order valence-corrected chi connectivity index (χ3v) is 5.17. The summed E-state index contributed by atoms with van der Waals surface area (Å²) in [5.41, 5.74) is 0. The topological polar surface area (TPSA) is 0 Å². The van der Waals surface area contributed by atoms with E-state index in [1.165, 1.54) is 32.0 Å². The first-order chi connectivity index (χ1) is 6.79. The summed E-state index contributed by atoms with van der Waals surface area (Å²) in [6, 6.07) is 0. The van der Waals surface area contributed by atoms with E-state index in [-0.39, 0.29) is 0 Å². The first-order valence-corrected chi connectivity index (χ1v) is 6.79. The van der Waals surface area contributed by atoms with Crippen LogP contribution in [0.4, 0.5) is 0 Å². The molecule has 1 heteroatoms. The first-order valence-electron chi connectivity index (χ1n) is 6.79. The molecular formula is C13H25B. The van der Waals surface area contributed by atoms with Crippen molar-refractivity contribution in [2.24, 2.45) is 5.92 Å². The molecule has 2 aliphatic rings. The lowest BCUT2D eigenvalue weighted by Gasteiger charge is -2.34. The predicted molar refractivity (Wildman–Crippen MR) is 65.2 cm³/mol. The molecule has 0 bridgehead atoms. The summed E-state index contributed by atoms with van der Waals surface area (Å²) < 4.78 is 0. The molecule has 2 saturated carbocycles. The van der Waals surface area contributed by atoms with Crippen LogP contribution >= 0.6 is 0 Å². The highest BCUT2D eigenvalue weighted by Gasteiger charge is 2.49. The fraction of sp³-hybridized carbons (Fsp3) is 1.00. The van der Waals surface area contributed by atoms with Crippen LogP contribution < -0.4 is 0 Å². The average molecular weight is 192 g/mol. The lowest BCUT2D eigenvalue weighted by Crippen LogP contribution is -2.29. The van der Waals surface area contributed by atoms with Gasteiger partial charge in [-0.3, -0.25) is 0 Å². The second-order valence-electron chi connectivity index (χ2n) is 5.76. The van der Waals surface area contributed by atoms with Gasteiger partial charge in [-0.2, -0.15) is 0 Å². The van der Waals surface area contributed by atoms with Crippen LogP contribution in [0.15, 0.2) is 0 Å². The van der Waals surface area contributed by atoms with E-state index in [9.17, 15) is 0 Å². The van der Waals surface area contributed by atoms with Crippen LogP contribution in [-0.4, -0.2) is 6.71 Å².